The predicted molar refractivity (Wildman–Crippen MR) is 100.0 cm³/mol. The van der Waals surface area contributed by atoms with Crippen LogP contribution in [0.15, 0.2) is 41.1 Å². The molecular formula is C20H21N5O3. The molecule has 8 heteroatoms. The average molecular weight is 379 g/mol. The summed E-state index contributed by atoms with van der Waals surface area (Å²) in [4.78, 5) is 35.0. The van der Waals surface area contributed by atoms with E-state index >= 15 is 0 Å². The third-order valence-electron chi connectivity index (χ3n) is 5.29. The van der Waals surface area contributed by atoms with Crippen molar-refractivity contribution in [3.63, 3.8) is 0 Å². The number of hydrogen-bond donors (Lipinski definition) is 0. The second-order valence-corrected chi connectivity index (χ2v) is 7.05. The van der Waals surface area contributed by atoms with Gasteiger partial charge in [0.25, 0.3) is 0 Å². The fraction of sp³-hybridized carbons (Fsp3) is 0.400. The number of likely N-dealkylation sites (tertiary alicyclic amines) is 1. The number of aromatic nitrogens is 1. The summed E-state index contributed by atoms with van der Waals surface area (Å²) < 4.78 is 5.30. The molecule has 2 aliphatic rings. The molecule has 0 N–H and O–H groups in total. The minimum absolute atomic E-state index is 0.0134. The summed E-state index contributed by atoms with van der Waals surface area (Å²) in [6.45, 7) is 3.19. The highest BCUT2D eigenvalue weighted by molar-refractivity contribution is 5.89. The van der Waals surface area contributed by atoms with E-state index in [0.717, 1.165) is 5.76 Å². The molecule has 2 fully saturated rings. The zero-order chi connectivity index (χ0) is 19.5. The van der Waals surface area contributed by atoms with Crippen LogP contribution in [0.5, 0.6) is 0 Å². The molecule has 1 atom stereocenters. The van der Waals surface area contributed by atoms with Gasteiger partial charge in [-0.15, -0.1) is 0 Å². The summed E-state index contributed by atoms with van der Waals surface area (Å²) in [6, 6.07) is 9.27. The number of amides is 2. The lowest BCUT2D eigenvalue weighted by Crippen LogP contribution is -2.51. The number of carbonyl (C=O) groups is 2. The van der Waals surface area contributed by atoms with Crippen LogP contribution in [0.2, 0.25) is 0 Å². The van der Waals surface area contributed by atoms with Gasteiger partial charge in [0.15, 0.2) is 0 Å². The number of pyridine rings is 1. The Labute approximate surface area is 163 Å². The monoisotopic (exact) mass is 379 g/mol. The van der Waals surface area contributed by atoms with Crippen LogP contribution in [0.25, 0.3) is 0 Å². The molecule has 0 saturated carbocycles. The lowest BCUT2D eigenvalue weighted by atomic mass is 10.1. The Bertz CT molecular complexity index is 897. The van der Waals surface area contributed by atoms with Crippen LogP contribution in [-0.2, 0) is 16.1 Å². The minimum atomic E-state index is -0.307. The van der Waals surface area contributed by atoms with Gasteiger partial charge in [0.05, 0.1) is 24.3 Å². The van der Waals surface area contributed by atoms with Gasteiger partial charge in [-0.1, -0.05) is 0 Å². The molecule has 2 aromatic heterocycles. The number of carbonyl (C=O) groups excluding carboxylic acids is 2. The van der Waals surface area contributed by atoms with E-state index < -0.39 is 0 Å². The number of furan rings is 1. The van der Waals surface area contributed by atoms with Crippen molar-refractivity contribution in [2.24, 2.45) is 5.92 Å². The second kappa shape index (κ2) is 7.72. The highest BCUT2D eigenvalue weighted by Gasteiger charge is 2.37. The van der Waals surface area contributed by atoms with Gasteiger partial charge >= 0.3 is 0 Å². The third-order valence-corrected chi connectivity index (χ3v) is 5.29. The quantitative estimate of drug-likeness (QED) is 0.794. The van der Waals surface area contributed by atoms with Crippen molar-refractivity contribution in [2.45, 2.75) is 13.0 Å². The van der Waals surface area contributed by atoms with E-state index in [2.05, 4.69) is 11.1 Å². The van der Waals surface area contributed by atoms with Crippen LogP contribution in [-0.4, -0.2) is 59.3 Å². The van der Waals surface area contributed by atoms with Crippen molar-refractivity contribution in [3.8, 4) is 6.07 Å². The molecule has 2 aliphatic heterocycles. The summed E-state index contributed by atoms with van der Waals surface area (Å²) in [5.41, 5.74) is 0.539. The Hall–Kier alpha value is -3.34. The Kier molecular flexibility index (Phi) is 4.98. The minimum Gasteiger partial charge on any atom is -0.467 e. The molecule has 4 rings (SSSR count). The fourth-order valence-corrected chi connectivity index (χ4v) is 3.81. The molecule has 0 aliphatic carbocycles. The zero-order valence-electron chi connectivity index (χ0n) is 15.5. The van der Waals surface area contributed by atoms with E-state index in [0.29, 0.717) is 50.6 Å². The highest BCUT2D eigenvalue weighted by Crippen LogP contribution is 2.24. The standard InChI is InChI=1S/C20H21N5O3/c21-12-15-3-1-5-22-19(15)23-6-8-24(9-7-23)20(27)16-11-18(26)25(13-16)14-17-4-2-10-28-17/h1-5,10,16H,6-9,11,13-14H2. The molecule has 28 heavy (non-hydrogen) atoms. The first-order valence-corrected chi connectivity index (χ1v) is 9.34. The van der Waals surface area contributed by atoms with Crippen molar-refractivity contribution in [1.82, 2.24) is 14.8 Å². The van der Waals surface area contributed by atoms with Crippen LogP contribution in [0.1, 0.15) is 17.7 Å². The van der Waals surface area contributed by atoms with Crippen molar-refractivity contribution in [2.75, 3.05) is 37.6 Å². The zero-order valence-corrected chi connectivity index (χ0v) is 15.5. The molecule has 2 aromatic rings. The van der Waals surface area contributed by atoms with Crippen molar-refractivity contribution in [3.05, 3.63) is 48.0 Å². The van der Waals surface area contributed by atoms with Crippen molar-refractivity contribution in [1.29, 1.82) is 5.26 Å². The van der Waals surface area contributed by atoms with Gasteiger partial charge in [0.2, 0.25) is 11.8 Å². The lowest BCUT2D eigenvalue weighted by molar-refractivity contribution is -0.136. The molecule has 2 saturated heterocycles. The van der Waals surface area contributed by atoms with Crippen molar-refractivity contribution < 1.29 is 14.0 Å². The number of hydrogen-bond acceptors (Lipinski definition) is 6. The predicted octanol–water partition coefficient (Wildman–Crippen LogP) is 1.24. The van der Waals surface area contributed by atoms with Crippen LogP contribution < -0.4 is 4.90 Å². The van der Waals surface area contributed by atoms with Gasteiger partial charge in [-0.3, -0.25) is 9.59 Å². The molecule has 0 radical (unpaired) electrons. The lowest BCUT2D eigenvalue weighted by Gasteiger charge is -2.36. The number of anilines is 1. The van der Waals surface area contributed by atoms with Gasteiger partial charge in [-0.05, 0) is 24.3 Å². The molecule has 4 heterocycles. The fourth-order valence-electron chi connectivity index (χ4n) is 3.81. The molecular weight excluding hydrogens is 358 g/mol. The topological polar surface area (TPSA) is 93.7 Å². The molecule has 2 amide bonds. The highest BCUT2D eigenvalue weighted by atomic mass is 16.3. The number of nitrogens with zero attached hydrogens (tertiary/aromatic N) is 5. The number of piperazine rings is 1. The van der Waals surface area contributed by atoms with Gasteiger partial charge in [-0.2, -0.15) is 5.26 Å². The summed E-state index contributed by atoms with van der Waals surface area (Å²) in [5.74, 6) is 1.09. The summed E-state index contributed by atoms with van der Waals surface area (Å²) in [6.07, 6.45) is 3.50. The van der Waals surface area contributed by atoms with E-state index in [1.807, 2.05) is 15.9 Å². The van der Waals surface area contributed by atoms with Crippen LogP contribution in [0.3, 0.4) is 0 Å². The maximum atomic E-state index is 12.9. The van der Waals surface area contributed by atoms with Gasteiger partial charge < -0.3 is 19.1 Å². The van der Waals surface area contributed by atoms with Gasteiger partial charge in [0, 0.05) is 45.3 Å². The van der Waals surface area contributed by atoms with Gasteiger partial charge in [-0.25, -0.2) is 4.98 Å². The van der Waals surface area contributed by atoms with E-state index in [4.69, 9.17) is 4.42 Å². The van der Waals surface area contributed by atoms with Gasteiger partial charge in [0.1, 0.15) is 17.6 Å². The van der Waals surface area contributed by atoms with Crippen LogP contribution in [0, 0.1) is 17.2 Å². The molecule has 8 nitrogen and oxygen atoms in total. The molecule has 1 unspecified atom stereocenters. The molecule has 0 spiro atoms. The number of nitriles is 1. The van der Waals surface area contributed by atoms with E-state index in [1.165, 1.54) is 0 Å². The largest absolute Gasteiger partial charge is 0.467 e. The van der Waals surface area contributed by atoms with Crippen LogP contribution in [0.4, 0.5) is 5.82 Å². The van der Waals surface area contributed by atoms with Crippen LogP contribution >= 0.6 is 0 Å². The Morgan fingerprint density at radius 3 is 2.79 bits per heavy atom. The maximum absolute atomic E-state index is 12.9. The summed E-state index contributed by atoms with van der Waals surface area (Å²) in [5, 5.41) is 9.25. The summed E-state index contributed by atoms with van der Waals surface area (Å²) in [7, 11) is 0. The molecule has 0 aromatic carbocycles. The van der Waals surface area contributed by atoms with Crippen molar-refractivity contribution >= 4 is 17.6 Å². The first-order valence-electron chi connectivity index (χ1n) is 9.34. The molecule has 144 valence electrons. The van der Waals surface area contributed by atoms with E-state index in [1.54, 1.807) is 35.6 Å². The first-order chi connectivity index (χ1) is 13.7. The molecule has 0 bridgehead atoms. The van der Waals surface area contributed by atoms with E-state index in [9.17, 15) is 14.9 Å². The summed E-state index contributed by atoms with van der Waals surface area (Å²) >= 11 is 0. The SMILES string of the molecule is N#Cc1cccnc1N1CCN(C(=O)C2CC(=O)N(Cc3ccco3)C2)CC1. The average Bonchev–Trinajstić information content (AvgIpc) is 3.38. The normalized spacial score (nSPS) is 19.8. The Morgan fingerprint density at radius 1 is 1.25 bits per heavy atom. The smallest absolute Gasteiger partial charge is 0.228 e. The second-order valence-electron chi connectivity index (χ2n) is 7.05. The Balaban J connectivity index is 1.34. The number of rotatable bonds is 4. The third kappa shape index (κ3) is 3.56. The first kappa shape index (κ1) is 18.0. The Morgan fingerprint density at radius 2 is 2.07 bits per heavy atom. The van der Waals surface area contributed by atoms with E-state index in [-0.39, 0.29) is 24.2 Å². The maximum Gasteiger partial charge on any atom is 0.228 e.